The van der Waals surface area contributed by atoms with Crippen molar-refractivity contribution in [2.45, 2.75) is 50.9 Å². The summed E-state index contributed by atoms with van der Waals surface area (Å²) in [6, 6.07) is 20.6. The Kier molecular flexibility index (Phi) is 10.3. The van der Waals surface area contributed by atoms with E-state index in [-0.39, 0.29) is 29.5 Å². The first kappa shape index (κ1) is 34.6. The zero-order valence-corrected chi connectivity index (χ0v) is 29.5. The van der Waals surface area contributed by atoms with Gasteiger partial charge in [-0.2, -0.15) is 0 Å². The number of fused-ring (bicyclic) bond motifs is 1. The topological polar surface area (TPSA) is 139 Å². The summed E-state index contributed by atoms with van der Waals surface area (Å²) in [5.41, 5.74) is 5.88. The first-order valence-corrected chi connectivity index (χ1v) is 17.7. The van der Waals surface area contributed by atoms with Gasteiger partial charge in [0, 0.05) is 91.2 Å². The van der Waals surface area contributed by atoms with E-state index in [2.05, 4.69) is 21.3 Å². The fourth-order valence-electron chi connectivity index (χ4n) is 6.63. The molecule has 2 saturated heterocycles. The van der Waals surface area contributed by atoms with Gasteiger partial charge < -0.3 is 26.0 Å². The van der Waals surface area contributed by atoms with Crippen LogP contribution in [0.25, 0.3) is 39.3 Å². The Labute approximate surface area is 304 Å². The third-order valence-electron chi connectivity index (χ3n) is 9.29. The minimum absolute atomic E-state index is 0.0847. The largest absolute Gasteiger partial charge is 0.481 e. The second-order valence-corrected chi connectivity index (χ2v) is 13.6. The van der Waals surface area contributed by atoms with Crippen LogP contribution in [0.3, 0.4) is 0 Å². The van der Waals surface area contributed by atoms with Crippen molar-refractivity contribution < 1.29 is 14.3 Å². The molecule has 0 aliphatic carbocycles. The molecule has 5 heterocycles. The second kappa shape index (κ2) is 15.2. The van der Waals surface area contributed by atoms with E-state index >= 15 is 0 Å². The molecular weight excluding hydrogens is 689 g/mol. The lowest BCUT2D eigenvalue weighted by molar-refractivity contribution is -0.120. The van der Waals surface area contributed by atoms with E-state index in [9.17, 15) is 14.4 Å². The quantitative estimate of drug-likeness (QED) is 0.139. The van der Waals surface area contributed by atoms with Crippen molar-refractivity contribution >= 4 is 40.7 Å². The number of methoxy groups -OCH3 is 1. The first-order chi connectivity index (χ1) is 24.8. The lowest BCUT2D eigenvalue weighted by Crippen LogP contribution is -2.35. The molecule has 2 atom stereocenters. The van der Waals surface area contributed by atoms with E-state index in [4.69, 9.17) is 37.9 Å². The van der Waals surface area contributed by atoms with Crippen molar-refractivity contribution in [1.29, 1.82) is 0 Å². The molecule has 2 aliphatic heterocycles. The molecule has 0 radical (unpaired) electrons. The van der Waals surface area contributed by atoms with E-state index in [1.807, 2.05) is 60.7 Å². The predicted molar refractivity (Wildman–Crippen MR) is 198 cm³/mol. The van der Waals surface area contributed by atoms with Crippen molar-refractivity contribution in [3.8, 4) is 39.5 Å². The summed E-state index contributed by atoms with van der Waals surface area (Å²) in [5, 5.41) is 13.5. The van der Waals surface area contributed by atoms with E-state index in [1.54, 1.807) is 13.3 Å². The van der Waals surface area contributed by atoms with Crippen LogP contribution < -0.4 is 31.6 Å². The smallest absolute Gasteiger partial charge is 0.258 e. The molecular formula is C38H37Cl2N7O4. The number of nitrogens with zero attached hydrogens (tertiary/aromatic N) is 3. The number of ether oxygens (including phenoxy) is 1. The molecule has 0 bridgehead atoms. The molecule has 2 aromatic carbocycles. The molecule has 7 rings (SSSR count). The summed E-state index contributed by atoms with van der Waals surface area (Å²) < 4.78 is 7.16. The van der Waals surface area contributed by atoms with Gasteiger partial charge in [0.25, 0.3) is 5.56 Å². The highest BCUT2D eigenvalue weighted by atomic mass is 35.5. The van der Waals surface area contributed by atoms with Gasteiger partial charge in [-0.1, -0.05) is 71.7 Å². The Hall–Kier alpha value is -4.81. The van der Waals surface area contributed by atoms with Gasteiger partial charge in [0.1, 0.15) is 5.65 Å². The second-order valence-electron chi connectivity index (χ2n) is 12.8. The van der Waals surface area contributed by atoms with Crippen LogP contribution in [0.5, 0.6) is 5.88 Å². The van der Waals surface area contributed by atoms with Gasteiger partial charge in [-0.3, -0.25) is 18.8 Å². The highest BCUT2D eigenvalue weighted by Gasteiger charge is 2.22. The lowest BCUT2D eigenvalue weighted by Gasteiger charge is -2.16. The molecule has 4 N–H and O–H groups in total. The number of hydrogen-bond acceptors (Lipinski definition) is 8. The molecule has 2 unspecified atom stereocenters. The Morgan fingerprint density at radius 2 is 1.37 bits per heavy atom. The van der Waals surface area contributed by atoms with Gasteiger partial charge in [-0.25, -0.2) is 9.97 Å². The monoisotopic (exact) mass is 725 g/mol. The average molecular weight is 727 g/mol. The molecule has 51 heavy (non-hydrogen) atoms. The SMILES string of the molecule is COc1nc(-c2cccc(-c3cccc(-c4cc(=O)n5cc(CNCC6CCC(=O)N6)ccc5n4)c3Cl)c2Cl)ccc1CNCC1CCC(=O)N1. The maximum Gasteiger partial charge on any atom is 0.258 e. The van der Waals surface area contributed by atoms with Crippen LogP contribution in [-0.4, -0.2) is 58.5 Å². The normalized spacial score (nSPS) is 17.2. The van der Waals surface area contributed by atoms with Crippen molar-refractivity contribution in [2.24, 2.45) is 0 Å². The number of pyridine rings is 2. The number of carbonyl (C=O) groups excluding carboxylic acids is 2. The van der Waals surface area contributed by atoms with Crippen molar-refractivity contribution in [2.75, 3.05) is 20.2 Å². The van der Waals surface area contributed by atoms with Gasteiger partial charge >= 0.3 is 0 Å². The fourth-order valence-corrected chi connectivity index (χ4v) is 7.28. The zero-order chi connectivity index (χ0) is 35.5. The van der Waals surface area contributed by atoms with Crippen LogP contribution in [0.4, 0.5) is 0 Å². The molecule has 2 amide bonds. The van der Waals surface area contributed by atoms with E-state index in [0.717, 1.165) is 24.0 Å². The molecule has 262 valence electrons. The van der Waals surface area contributed by atoms with Gasteiger partial charge in [-0.15, -0.1) is 0 Å². The Balaban J connectivity index is 1.11. The molecule has 13 heteroatoms. The van der Waals surface area contributed by atoms with Gasteiger partial charge in [0.2, 0.25) is 17.7 Å². The predicted octanol–water partition coefficient (Wildman–Crippen LogP) is 5.14. The Morgan fingerprint density at radius 1 is 0.765 bits per heavy atom. The maximum atomic E-state index is 13.3. The minimum atomic E-state index is -0.231. The maximum absolute atomic E-state index is 13.3. The highest BCUT2D eigenvalue weighted by molar-refractivity contribution is 6.39. The van der Waals surface area contributed by atoms with Crippen molar-refractivity contribution in [3.05, 3.63) is 104 Å². The molecule has 0 saturated carbocycles. The number of carbonyl (C=O) groups is 2. The summed E-state index contributed by atoms with van der Waals surface area (Å²) in [7, 11) is 1.58. The Bertz CT molecular complexity index is 2190. The Morgan fingerprint density at radius 3 is 1.98 bits per heavy atom. The van der Waals surface area contributed by atoms with Crippen LogP contribution in [0.1, 0.15) is 36.8 Å². The summed E-state index contributed by atoms with van der Waals surface area (Å²) >= 11 is 14.1. The molecule has 3 aromatic heterocycles. The molecule has 11 nitrogen and oxygen atoms in total. The van der Waals surface area contributed by atoms with Crippen LogP contribution >= 0.6 is 23.2 Å². The number of benzene rings is 2. The zero-order valence-electron chi connectivity index (χ0n) is 28.0. The van der Waals surface area contributed by atoms with Crippen LogP contribution in [0.15, 0.2) is 77.7 Å². The summed E-state index contributed by atoms with van der Waals surface area (Å²) in [5.74, 6) is 0.654. The lowest BCUT2D eigenvalue weighted by atomic mass is 9.98. The summed E-state index contributed by atoms with van der Waals surface area (Å²) in [4.78, 5) is 45.9. The minimum Gasteiger partial charge on any atom is -0.481 e. The molecule has 5 aromatic rings. The van der Waals surface area contributed by atoms with E-state index in [1.165, 1.54) is 10.5 Å². The third kappa shape index (κ3) is 7.62. The van der Waals surface area contributed by atoms with Crippen molar-refractivity contribution in [3.63, 3.8) is 0 Å². The number of amides is 2. The standard InChI is InChI=1S/C38H37Cl2N7O4/c1-51-38-23(18-42-20-25-11-15-34(49)44-25)9-12-30(46-38)28-6-2-4-26(36(28)39)27-5-3-7-29(37(27)40)31-16-35(50)47-21-22(8-13-32(47)45-31)17-41-19-24-10-14-33(48)43-24/h2-9,12-13,16,21,24-25,41-42H,10-11,14-15,17-20H2,1H3,(H,43,48)(H,44,49). The average Bonchev–Trinajstić information content (AvgIpc) is 3.75. The van der Waals surface area contributed by atoms with E-state index < -0.39 is 0 Å². The van der Waals surface area contributed by atoms with Crippen LogP contribution in [-0.2, 0) is 22.7 Å². The summed E-state index contributed by atoms with van der Waals surface area (Å²) in [6.45, 7) is 2.41. The highest BCUT2D eigenvalue weighted by Crippen LogP contribution is 2.42. The molecule has 0 spiro atoms. The number of halogens is 2. The van der Waals surface area contributed by atoms with Crippen LogP contribution in [0, 0.1) is 0 Å². The molecule has 2 aliphatic rings. The molecule has 2 fully saturated rings. The third-order valence-corrected chi connectivity index (χ3v) is 10.1. The van der Waals surface area contributed by atoms with E-state index in [0.29, 0.717) is 94.2 Å². The summed E-state index contributed by atoms with van der Waals surface area (Å²) in [6.07, 6.45) is 4.54. The fraction of sp³-hybridized carbons (Fsp3) is 0.289. The van der Waals surface area contributed by atoms with Gasteiger partial charge in [0.15, 0.2) is 0 Å². The van der Waals surface area contributed by atoms with Crippen LogP contribution in [0.2, 0.25) is 10.0 Å². The van der Waals surface area contributed by atoms with Gasteiger partial charge in [0.05, 0.1) is 28.5 Å². The number of nitrogens with one attached hydrogen (secondary N) is 4. The van der Waals surface area contributed by atoms with Gasteiger partial charge in [-0.05, 0) is 30.5 Å². The number of rotatable bonds is 12. The number of hydrogen-bond donors (Lipinski definition) is 4. The first-order valence-electron chi connectivity index (χ1n) is 16.9. The van der Waals surface area contributed by atoms with Crippen molar-refractivity contribution in [1.82, 2.24) is 35.6 Å². The number of aromatic nitrogens is 3.